The first-order valence-corrected chi connectivity index (χ1v) is 26.3. The van der Waals surface area contributed by atoms with Gasteiger partial charge in [0.15, 0.2) is 11.6 Å². The molecule has 0 radical (unpaired) electrons. The molecule has 18 nitrogen and oxygen atoms in total. The van der Waals surface area contributed by atoms with Crippen LogP contribution in [0.1, 0.15) is 75.4 Å². The lowest BCUT2D eigenvalue weighted by atomic mass is 10.1. The summed E-state index contributed by atoms with van der Waals surface area (Å²) in [4.78, 5) is 73.7. The molecule has 4 aromatic carbocycles. The van der Waals surface area contributed by atoms with E-state index < -0.39 is 52.9 Å². The number of carbonyl (C=O) groups excluding carboxylic acids is 4. The summed E-state index contributed by atoms with van der Waals surface area (Å²) < 4.78 is 85.9. The Morgan fingerprint density at radius 3 is 1.52 bits per heavy atom. The number of urea groups is 1. The number of para-hydroxylation sites is 2. The molecule has 4 heterocycles. The summed E-state index contributed by atoms with van der Waals surface area (Å²) in [5.74, 6) is 2.39. The van der Waals surface area contributed by atoms with Gasteiger partial charge in [0.1, 0.15) is 32.9 Å². The molecule has 0 saturated carbocycles. The Kier molecular flexibility index (Phi) is 21.6. The normalized spacial score (nSPS) is 13.7. The lowest BCUT2D eigenvalue weighted by Crippen LogP contribution is -2.50. The molecular formula is C56H60Cl2F6N12O6. The van der Waals surface area contributed by atoms with Crippen molar-refractivity contribution in [1.29, 1.82) is 0 Å². The van der Waals surface area contributed by atoms with Crippen LogP contribution in [0.3, 0.4) is 0 Å². The van der Waals surface area contributed by atoms with Gasteiger partial charge in [0.2, 0.25) is 6.08 Å². The minimum atomic E-state index is -4.50. The molecule has 8 rings (SSSR count). The first kappa shape index (κ1) is 63.1. The molecule has 2 fully saturated rings. The van der Waals surface area contributed by atoms with Crippen molar-refractivity contribution in [2.75, 3.05) is 78.1 Å². The fourth-order valence-corrected chi connectivity index (χ4v) is 8.36. The van der Waals surface area contributed by atoms with Crippen LogP contribution in [-0.4, -0.2) is 113 Å². The fourth-order valence-electron chi connectivity index (χ4n) is 7.94. The average Bonchev–Trinajstić information content (AvgIpc) is 3.58. The lowest BCUT2D eigenvalue weighted by molar-refractivity contribution is -0.138. The predicted octanol–water partition coefficient (Wildman–Crippen LogP) is 12.6. The first-order chi connectivity index (χ1) is 38.6. The molecule has 82 heavy (non-hydrogen) atoms. The fraction of sp³-hybridized carbons (Fsp3) is 0.357. The molecule has 6 aromatic rings. The molecule has 2 aromatic heterocycles. The van der Waals surface area contributed by atoms with E-state index >= 15 is 0 Å². The van der Waals surface area contributed by atoms with Crippen molar-refractivity contribution >= 4 is 81.9 Å². The first-order valence-electron chi connectivity index (χ1n) is 25.5. The second kappa shape index (κ2) is 28.1. The number of hydrogen-bond acceptors (Lipinski definition) is 14. The van der Waals surface area contributed by atoms with Gasteiger partial charge in [-0.15, -0.1) is 0 Å². The average molecular weight is 1180 g/mol. The highest BCUT2D eigenvalue weighted by atomic mass is 35.5. The molecular weight excluding hydrogens is 1120 g/mol. The van der Waals surface area contributed by atoms with Crippen LogP contribution in [0.15, 0.2) is 114 Å². The van der Waals surface area contributed by atoms with Gasteiger partial charge in [-0.1, -0.05) is 71.7 Å². The number of halogens is 8. The zero-order valence-electron chi connectivity index (χ0n) is 45.5. The van der Waals surface area contributed by atoms with Crippen molar-refractivity contribution in [2.24, 2.45) is 4.99 Å². The third kappa shape index (κ3) is 19.9. The highest BCUT2D eigenvalue weighted by Crippen LogP contribution is 2.33. The standard InChI is InChI=1S/C28H30ClF3N6O3.C20H26ClN5O2.C8H4F3NO/c1-27(2,3)41-26(40)35-22-10-5-4-7-18(22)15-23-33-17-21(29)24(36-23)37-11-13-38(14-12-37)25(39)34-20-9-6-8-19(16-20)28(30,31)32;1-20(2,3)28-19(27)24-16-7-5-4-6-14(16)12-17-23-13-15(21)18(25-17)26-10-8-22-9-11-26;9-8(10,11)6-2-1-3-7(4-6)12-5-13/h4-10,16-17H,11-15H2,1-3H3,(H,34,39)(H,35,40);4-7,13,22H,8-12H2,1-3H3,(H,24,27);1-4H. The highest BCUT2D eigenvalue weighted by molar-refractivity contribution is 6.33. The second-order valence-corrected chi connectivity index (χ2v) is 21.1. The number of nitrogens with one attached hydrogen (secondary N) is 4. The van der Waals surface area contributed by atoms with Crippen LogP contribution < -0.4 is 31.1 Å². The molecule has 26 heteroatoms. The molecule has 4 amide bonds. The van der Waals surface area contributed by atoms with E-state index in [1.165, 1.54) is 41.4 Å². The van der Waals surface area contributed by atoms with Crippen LogP contribution in [0.5, 0.6) is 0 Å². The van der Waals surface area contributed by atoms with Gasteiger partial charge in [-0.2, -0.15) is 31.3 Å². The number of rotatable bonds is 10. The maximum absolute atomic E-state index is 13.0. The molecule has 436 valence electrons. The number of benzene rings is 4. The van der Waals surface area contributed by atoms with Crippen molar-refractivity contribution in [1.82, 2.24) is 30.2 Å². The number of anilines is 5. The van der Waals surface area contributed by atoms with E-state index in [-0.39, 0.29) is 11.4 Å². The van der Waals surface area contributed by atoms with Crippen LogP contribution >= 0.6 is 23.2 Å². The van der Waals surface area contributed by atoms with E-state index in [2.05, 4.69) is 51.1 Å². The summed E-state index contributed by atoms with van der Waals surface area (Å²) >= 11 is 12.8. The molecule has 0 aliphatic carbocycles. The monoisotopic (exact) mass is 1180 g/mol. The Labute approximate surface area is 479 Å². The molecule has 2 aliphatic rings. The van der Waals surface area contributed by atoms with Gasteiger partial charge in [0.25, 0.3) is 0 Å². The molecule has 0 atom stereocenters. The molecule has 0 unspecified atom stereocenters. The largest absolute Gasteiger partial charge is 0.444 e. The van der Waals surface area contributed by atoms with Crippen LogP contribution in [0, 0.1) is 0 Å². The molecule has 4 N–H and O–H groups in total. The predicted molar refractivity (Wildman–Crippen MR) is 301 cm³/mol. The number of nitrogens with zero attached hydrogens (tertiary/aromatic N) is 8. The molecule has 0 bridgehead atoms. The zero-order valence-corrected chi connectivity index (χ0v) is 47.0. The summed E-state index contributed by atoms with van der Waals surface area (Å²) in [5, 5.41) is 12.3. The van der Waals surface area contributed by atoms with Gasteiger partial charge < -0.3 is 34.8 Å². The zero-order chi connectivity index (χ0) is 59.8. The number of alkyl halides is 6. The summed E-state index contributed by atoms with van der Waals surface area (Å²) in [6.07, 6.45) is -4.86. The molecule has 2 saturated heterocycles. The Morgan fingerprint density at radius 2 is 1.06 bits per heavy atom. The van der Waals surface area contributed by atoms with E-state index in [1.807, 2.05) is 62.1 Å². The van der Waals surface area contributed by atoms with Crippen LogP contribution in [0.4, 0.5) is 75.1 Å². The quantitative estimate of drug-likeness (QED) is 0.0572. The number of hydrogen-bond donors (Lipinski definition) is 4. The number of amides is 4. The minimum Gasteiger partial charge on any atom is -0.444 e. The third-order valence-corrected chi connectivity index (χ3v) is 12.2. The molecule has 2 aliphatic heterocycles. The van der Waals surface area contributed by atoms with E-state index in [0.717, 1.165) is 67.4 Å². The van der Waals surface area contributed by atoms with E-state index in [9.17, 15) is 45.5 Å². The van der Waals surface area contributed by atoms with Crippen LogP contribution in [0.2, 0.25) is 10.0 Å². The van der Waals surface area contributed by atoms with Crippen LogP contribution in [-0.2, 0) is 39.5 Å². The third-order valence-electron chi connectivity index (χ3n) is 11.6. The van der Waals surface area contributed by atoms with Gasteiger partial charge >= 0.3 is 30.6 Å². The van der Waals surface area contributed by atoms with Gasteiger partial charge in [-0.05, 0) is 101 Å². The van der Waals surface area contributed by atoms with E-state index in [0.29, 0.717) is 77.9 Å². The number of piperazine rings is 2. The van der Waals surface area contributed by atoms with Crippen molar-refractivity contribution in [3.63, 3.8) is 0 Å². The molecule has 0 spiro atoms. The highest BCUT2D eigenvalue weighted by Gasteiger charge is 2.32. The smallest absolute Gasteiger partial charge is 0.416 e. The van der Waals surface area contributed by atoms with E-state index in [1.54, 1.807) is 39.1 Å². The van der Waals surface area contributed by atoms with Gasteiger partial charge in [-0.25, -0.2) is 39.1 Å². The number of carbonyl (C=O) groups is 3. The maximum Gasteiger partial charge on any atom is 0.416 e. The van der Waals surface area contributed by atoms with Gasteiger partial charge in [0, 0.05) is 82.3 Å². The number of ether oxygens (including phenoxy) is 2. The Morgan fingerprint density at radius 1 is 0.610 bits per heavy atom. The summed E-state index contributed by atoms with van der Waals surface area (Å²) in [7, 11) is 0. The second-order valence-electron chi connectivity index (χ2n) is 20.3. The van der Waals surface area contributed by atoms with Crippen molar-refractivity contribution in [3.8, 4) is 0 Å². The Balaban J connectivity index is 0.000000226. The van der Waals surface area contributed by atoms with Crippen molar-refractivity contribution in [3.05, 3.63) is 153 Å². The topological polar surface area (TPSA) is 209 Å². The van der Waals surface area contributed by atoms with Gasteiger partial charge in [0.05, 0.1) is 29.2 Å². The van der Waals surface area contributed by atoms with E-state index in [4.69, 9.17) is 32.7 Å². The number of aliphatic imine (C=N–C) groups is 1. The lowest BCUT2D eigenvalue weighted by Gasteiger charge is -2.35. The van der Waals surface area contributed by atoms with Crippen molar-refractivity contribution < 1.29 is 55.0 Å². The summed E-state index contributed by atoms with van der Waals surface area (Å²) in [6, 6.07) is 23.0. The Bertz CT molecular complexity index is 3210. The number of aromatic nitrogens is 4. The minimum absolute atomic E-state index is 0.0511. The Hall–Kier alpha value is -8.05. The van der Waals surface area contributed by atoms with Gasteiger partial charge in [-0.3, -0.25) is 10.6 Å². The SMILES string of the molecule is CC(C)(C)OC(=O)Nc1ccccc1Cc1ncc(Cl)c(N2CCN(C(=O)Nc3cccc(C(F)(F)F)c3)CC2)n1.CC(C)(C)OC(=O)Nc1ccccc1Cc1ncc(Cl)c(N2CCNCC2)n1.O=C=Nc1cccc(C(F)(F)F)c1. The van der Waals surface area contributed by atoms with Crippen molar-refractivity contribution in [2.45, 2.75) is 77.9 Å². The number of isocyanates is 1. The van der Waals surface area contributed by atoms with Crippen LogP contribution in [0.25, 0.3) is 0 Å². The maximum atomic E-state index is 13.0. The summed E-state index contributed by atoms with van der Waals surface area (Å²) in [5.41, 5.74) is 0.0848. The summed E-state index contributed by atoms with van der Waals surface area (Å²) in [6.45, 7) is 15.8.